The van der Waals surface area contributed by atoms with Crippen molar-refractivity contribution in [3.8, 4) is 10.6 Å². The van der Waals surface area contributed by atoms with Gasteiger partial charge in [-0.25, -0.2) is 4.79 Å². The Hall–Kier alpha value is -3.33. The molecule has 9 heteroatoms. The number of amides is 2. The van der Waals surface area contributed by atoms with Crippen molar-refractivity contribution in [3.63, 3.8) is 0 Å². The van der Waals surface area contributed by atoms with Gasteiger partial charge in [0.05, 0.1) is 4.92 Å². The first-order valence-electron chi connectivity index (χ1n) is 7.66. The first-order valence-corrected chi connectivity index (χ1v) is 8.47. The molecule has 26 heavy (non-hydrogen) atoms. The van der Waals surface area contributed by atoms with E-state index in [0.29, 0.717) is 21.4 Å². The summed E-state index contributed by atoms with van der Waals surface area (Å²) in [4.78, 5) is 22.3. The van der Waals surface area contributed by atoms with Gasteiger partial charge in [-0.2, -0.15) is 0 Å². The smallest absolute Gasteiger partial charge is 0.308 e. The van der Waals surface area contributed by atoms with E-state index in [1.807, 2.05) is 32.0 Å². The van der Waals surface area contributed by atoms with Gasteiger partial charge in [-0.1, -0.05) is 17.4 Å². The zero-order valence-electron chi connectivity index (χ0n) is 14.0. The number of hydrogen-bond donors (Lipinski definition) is 2. The van der Waals surface area contributed by atoms with Crippen LogP contribution in [0.15, 0.2) is 42.5 Å². The van der Waals surface area contributed by atoms with E-state index in [0.717, 1.165) is 11.1 Å². The molecule has 0 bridgehead atoms. The first kappa shape index (κ1) is 17.5. The number of nitro benzene ring substituents is 1. The summed E-state index contributed by atoms with van der Waals surface area (Å²) >= 11 is 1.18. The quantitative estimate of drug-likeness (QED) is 0.524. The highest BCUT2D eigenvalue weighted by Crippen LogP contribution is 2.27. The Morgan fingerprint density at radius 2 is 1.77 bits per heavy atom. The van der Waals surface area contributed by atoms with Crippen LogP contribution in [0.3, 0.4) is 0 Å². The minimum Gasteiger partial charge on any atom is -0.308 e. The van der Waals surface area contributed by atoms with Crippen LogP contribution in [0.25, 0.3) is 10.6 Å². The van der Waals surface area contributed by atoms with Gasteiger partial charge in [-0.05, 0) is 49.2 Å². The second kappa shape index (κ2) is 7.28. The third kappa shape index (κ3) is 4.01. The Kier molecular flexibility index (Phi) is 4.90. The molecule has 0 radical (unpaired) electrons. The van der Waals surface area contributed by atoms with E-state index in [9.17, 15) is 14.9 Å². The summed E-state index contributed by atoms with van der Waals surface area (Å²) < 4.78 is 0. The van der Waals surface area contributed by atoms with Crippen LogP contribution in [-0.4, -0.2) is 21.2 Å². The molecule has 0 unspecified atom stereocenters. The van der Waals surface area contributed by atoms with E-state index in [2.05, 4.69) is 20.8 Å². The van der Waals surface area contributed by atoms with Crippen LogP contribution in [0.5, 0.6) is 0 Å². The molecule has 0 atom stereocenters. The fourth-order valence-electron chi connectivity index (χ4n) is 2.19. The fourth-order valence-corrected chi connectivity index (χ4v) is 2.94. The van der Waals surface area contributed by atoms with Crippen LogP contribution >= 0.6 is 11.3 Å². The highest BCUT2D eigenvalue weighted by atomic mass is 32.1. The molecule has 2 aromatic carbocycles. The molecule has 0 saturated carbocycles. The van der Waals surface area contributed by atoms with Crippen molar-refractivity contribution in [3.05, 3.63) is 63.7 Å². The Bertz CT molecular complexity index is 969. The van der Waals surface area contributed by atoms with Crippen LogP contribution in [0.4, 0.5) is 21.3 Å². The summed E-state index contributed by atoms with van der Waals surface area (Å²) in [5, 5.41) is 24.9. The van der Waals surface area contributed by atoms with Crippen molar-refractivity contribution in [2.24, 2.45) is 0 Å². The predicted molar refractivity (Wildman–Crippen MR) is 101 cm³/mol. The van der Waals surface area contributed by atoms with E-state index in [1.54, 1.807) is 12.1 Å². The Morgan fingerprint density at radius 1 is 1.04 bits per heavy atom. The molecule has 1 heterocycles. The van der Waals surface area contributed by atoms with Crippen LogP contribution in [0.1, 0.15) is 11.1 Å². The van der Waals surface area contributed by atoms with Gasteiger partial charge in [-0.15, -0.1) is 10.2 Å². The molecule has 0 spiro atoms. The molecule has 0 saturated heterocycles. The number of anilines is 2. The number of carbonyl (C=O) groups is 1. The van der Waals surface area contributed by atoms with Gasteiger partial charge in [0.15, 0.2) is 0 Å². The summed E-state index contributed by atoms with van der Waals surface area (Å²) in [6.45, 7) is 3.97. The van der Waals surface area contributed by atoms with Crippen molar-refractivity contribution in [2.75, 3.05) is 10.6 Å². The molecule has 2 amide bonds. The maximum atomic E-state index is 12.1. The maximum absolute atomic E-state index is 12.1. The lowest BCUT2D eigenvalue weighted by Gasteiger charge is -2.07. The number of hydrogen-bond acceptors (Lipinski definition) is 6. The van der Waals surface area contributed by atoms with Crippen LogP contribution in [0.2, 0.25) is 0 Å². The molecule has 132 valence electrons. The highest BCUT2D eigenvalue weighted by Gasteiger charge is 2.12. The average Bonchev–Trinajstić information content (AvgIpc) is 3.06. The number of urea groups is 1. The van der Waals surface area contributed by atoms with Crippen molar-refractivity contribution in [1.29, 1.82) is 0 Å². The summed E-state index contributed by atoms with van der Waals surface area (Å²) in [7, 11) is 0. The molecule has 0 aliphatic carbocycles. The van der Waals surface area contributed by atoms with E-state index < -0.39 is 11.0 Å². The van der Waals surface area contributed by atoms with Crippen molar-refractivity contribution >= 4 is 33.9 Å². The minimum absolute atomic E-state index is 0.00406. The van der Waals surface area contributed by atoms with Crippen LogP contribution in [-0.2, 0) is 0 Å². The summed E-state index contributed by atoms with van der Waals surface area (Å²) in [5.74, 6) is 0. The number of nitrogens with zero attached hydrogens (tertiary/aromatic N) is 3. The summed E-state index contributed by atoms with van der Waals surface area (Å²) in [6, 6.07) is 11.2. The van der Waals surface area contributed by atoms with Crippen LogP contribution in [0, 0.1) is 24.0 Å². The molecule has 8 nitrogen and oxygen atoms in total. The number of non-ortho nitro benzene ring substituents is 1. The number of aromatic nitrogens is 2. The number of nitro groups is 1. The standard InChI is InChI=1S/C17H15N5O3S/c1-10-3-6-13(9-11(10)2)18-16(23)19-17-21-20-15(26-17)12-4-7-14(8-5-12)22(24)25/h3-9H,1-2H3,(H2,18,19,21,23). The molecular formula is C17H15N5O3S. The largest absolute Gasteiger partial charge is 0.325 e. The number of carbonyl (C=O) groups excluding carboxylic acids is 1. The lowest BCUT2D eigenvalue weighted by atomic mass is 10.1. The van der Waals surface area contributed by atoms with Gasteiger partial charge >= 0.3 is 6.03 Å². The van der Waals surface area contributed by atoms with Crippen molar-refractivity contribution in [2.45, 2.75) is 13.8 Å². The Morgan fingerprint density at radius 3 is 2.42 bits per heavy atom. The zero-order chi connectivity index (χ0) is 18.7. The van der Waals surface area contributed by atoms with Crippen LogP contribution < -0.4 is 10.6 Å². The van der Waals surface area contributed by atoms with Gasteiger partial charge in [0.2, 0.25) is 5.13 Å². The van der Waals surface area contributed by atoms with Crippen molar-refractivity contribution in [1.82, 2.24) is 10.2 Å². The van der Waals surface area contributed by atoms with Gasteiger partial charge < -0.3 is 5.32 Å². The number of aryl methyl sites for hydroxylation is 2. The predicted octanol–water partition coefficient (Wildman–Crippen LogP) is 4.37. The normalized spacial score (nSPS) is 10.4. The van der Waals surface area contributed by atoms with E-state index in [1.165, 1.54) is 23.5 Å². The first-order chi connectivity index (χ1) is 12.4. The number of nitrogens with one attached hydrogen (secondary N) is 2. The van der Waals surface area contributed by atoms with E-state index >= 15 is 0 Å². The second-order valence-corrected chi connectivity index (χ2v) is 6.57. The highest BCUT2D eigenvalue weighted by molar-refractivity contribution is 7.18. The van der Waals surface area contributed by atoms with Crippen molar-refractivity contribution < 1.29 is 9.72 Å². The molecule has 3 aromatic rings. The van der Waals surface area contributed by atoms with Gasteiger partial charge in [0, 0.05) is 23.4 Å². The Balaban J connectivity index is 1.66. The minimum atomic E-state index is -0.464. The molecule has 0 fully saturated rings. The summed E-state index contributed by atoms with van der Waals surface area (Å²) in [5.41, 5.74) is 3.61. The Labute approximate surface area is 153 Å². The molecule has 1 aromatic heterocycles. The SMILES string of the molecule is Cc1ccc(NC(=O)Nc2nnc(-c3ccc([N+](=O)[O-])cc3)s2)cc1C. The molecular weight excluding hydrogens is 354 g/mol. The van der Waals surface area contributed by atoms with Gasteiger partial charge in [0.25, 0.3) is 5.69 Å². The van der Waals surface area contributed by atoms with Gasteiger partial charge in [-0.3, -0.25) is 15.4 Å². The maximum Gasteiger partial charge on any atom is 0.325 e. The van der Waals surface area contributed by atoms with E-state index in [-0.39, 0.29) is 5.69 Å². The fraction of sp³-hybridized carbons (Fsp3) is 0.118. The topological polar surface area (TPSA) is 110 Å². The lowest BCUT2D eigenvalue weighted by molar-refractivity contribution is -0.384. The molecule has 0 aliphatic heterocycles. The third-order valence-electron chi connectivity index (χ3n) is 3.74. The molecule has 0 aliphatic rings. The van der Waals surface area contributed by atoms with E-state index in [4.69, 9.17) is 0 Å². The zero-order valence-corrected chi connectivity index (χ0v) is 14.8. The number of rotatable bonds is 4. The second-order valence-electron chi connectivity index (χ2n) is 5.59. The molecule has 3 rings (SSSR count). The third-order valence-corrected chi connectivity index (χ3v) is 4.62. The van der Waals surface area contributed by atoms with Gasteiger partial charge in [0.1, 0.15) is 5.01 Å². The summed E-state index contributed by atoms with van der Waals surface area (Å²) in [6.07, 6.45) is 0. The monoisotopic (exact) mass is 369 g/mol. The molecule has 2 N–H and O–H groups in total. The average molecular weight is 369 g/mol. The number of benzene rings is 2. The lowest BCUT2D eigenvalue weighted by Crippen LogP contribution is -2.19.